The van der Waals surface area contributed by atoms with Gasteiger partial charge in [0.2, 0.25) is 0 Å². The van der Waals surface area contributed by atoms with Crippen molar-refractivity contribution in [3.8, 4) is 11.4 Å². The Hall–Kier alpha value is -2.31. The van der Waals surface area contributed by atoms with Crippen molar-refractivity contribution in [2.24, 2.45) is 5.92 Å². The van der Waals surface area contributed by atoms with E-state index >= 15 is 0 Å². The molecule has 1 heterocycles. The van der Waals surface area contributed by atoms with Crippen LogP contribution in [0, 0.1) is 11.7 Å². The van der Waals surface area contributed by atoms with Crippen LogP contribution in [0.15, 0.2) is 24.3 Å². The lowest BCUT2D eigenvalue weighted by atomic mass is 10.0. The third-order valence-electron chi connectivity index (χ3n) is 3.06. The molecule has 106 valence electrons. The highest BCUT2D eigenvalue weighted by Gasteiger charge is 2.24. The zero-order valence-corrected chi connectivity index (χ0v) is 11.2. The SMILES string of the molecule is CC(C)C(CC(=O)O)n1nnnc1-c1ccc(F)cc1. The molecule has 0 aliphatic carbocycles. The van der Waals surface area contributed by atoms with Crippen molar-refractivity contribution in [3.05, 3.63) is 30.1 Å². The minimum Gasteiger partial charge on any atom is -0.481 e. The highest BCUT2D eigenvalue weighted by molar-refractivity contribution is 5.67. The normalized spacial score (nSPS) is 12.6. The Kier molecular flexibility index (Phi) is 4.07. The first-order valence-corrected chi connectivity index (χ1v) is 6.24. The Bertz CT molecular complexity index is 595. The van der Waals surface area contributed by atoms with Gasteiger partial charge in [0, 0.05) is 5.56 Å². The second-order valence-corrected chi connectivity index (χ2v) is 4.86. The van der Waals surface area contributed by atoms with Crippen molar-refractivity contribution in [1.29, 1.82) is 0 Å². The monoisotopic (exact) mass is 278 g/mol. The first kappa shape index (κ1) is 14.1. The van der Waals surface area contributed by atoms with Crippen LogP contribution >= 0.6 is 0 Å². The van der Waals surface area contributed by atoms with E-state index in [1.54, 1.807) is 12.1 Å². The summed E-state index contributed by atoms with van der Waals surface area (Å²) in [4.78, 5) is 11.0. The van der Waals surface area contributed by atoms with Gasteiger partial charge in [0.1, 0.15) is 5.82 Å². The lowest BCUT2D eigenvalue weighted by Crippen LogP contribution is -2.21. The predicted molar refractivity (Wildman–Crippen MR) is 69.3 cm³/mol. The zero-order valence-electron chi connectivity index (χ0n) is 11.2. The fourth-order valence-electron chi connectivity index (χ4n) is 1.99. The van der Waals surface area contributed by atoms with Crippen LogP contribution in [0.5, 0.6) is 0 Å². The van der Waals surface area contributed by atoms with Gasteiger partial charge in [-0.2, -0.15) is 0 Å². The number of hydrogen-bond acceptors (Lipinski definition) is 4. The van der Waals surface area contributed by atoms with Crippen LogP contribution in [0.1, 0.15) is 26.3 Å². The number of aliphatic carboxylic acids is 1. The third kappa shape index (κ3) is 2.98. The second-order valence-electron chi connectivity index (χ2n) is 4.86. The third-order valence-corrected chi connectivity index (χ3v) is 3.06. The van der Waals surface area contributed by atoms with Gasteiger partial charge in [0.25, 0.3) is 0 Å². The van der Waals surface area contributed by atoms with Crippen LogP contribution in [0.25, 0.3) is 11.4 Å². The average molecular weight is 278 g/mol. The van der Waals surface area contributed by atoms with Crippen LogP contribution in [-0.2, 0) is 4.79 Å². The number of benzene rings is 1. The van der Waals surface area contributed by atoms with Gasteiger partial charge in [0.15, 0.2) is 5.82 Å². The van der Waals surface area contributed by atoms with Gasteiger partial charge in [0.05, 0.1) is 12.5 Å². The molecule has 0 saturated heterocycles. The van der Waals surface area contributed by atoms with E-state index in [9.17, 15) is 9.18 Å². The zero-order chi connectivity index (χ0) is 14.7. The maximum absolute atomic E-state index is 13.0. The van der Waals surface area contributed by atoms with Crippen molar-refractivity contribution in [3.63, 3.8) is 0 Å². The highest BCUT2D eigenvalue weighted by atomic mass is 19.1. The molecule has 0 spiro atoms. The molecule has 1 N–H and O–H groups in total. The Morgan fingerprint density at radius 1 is 1.35 bits per heavy atom. The molecule has 0 aliphatic rings. The first-order valence-electron chi connectivity index (χ1n) is 6.24. The Balaban J connectivity index is 2.40. The molecule has 1 atom stereocenters. The fourth-order valence-corrected chi connectivity index (χ4v) is 1.99. The molecule has 0 aliphatic heterocycles. The lowest BCUT2D eigenvalue weighted by Gasteiger charge is -2.20. The number of carbonyl (C=O) groups is 1. The summed E-state index contributed by atoms with van der Waals surface area (Å²) in [5, 5.41) is 20.4. The first-order chi connectivity index (χ1) is 9.49. The Morgan fingerprint density at radius 2 is 2.00 bits per heavy atom. The molecule has 0 amide bonds. The van der Waals surface area contributed by atoms with Crippen molar-refractivity contribution in [1.82, 2.24) is 20.2 Å². The van der Waals surface area contributed by atoms with Crippen LogP contribution in [-0.4, -0.2) is 31.3 Å². The summed E-state index contributed by atoms with van der Waals surface area (Å²) in [6, 6.07) is 5.40. The summed E-state index contributed by atoms with van der Waals surface area (Å²) >= 11 is 0. The van der Waals surface area contributed by atoms with Crippen molar-refractivity contribution in [2.75, 3.05) is 0 Å². The average Bonchev–Trinajstić information content (AvgIpc) is 2.85. The van der Waals surface area contributed by atoms with E-state index in [2.05, 4.69) is 15.5 Å². The van der Waals surface area contributed by atoms with E-state index in [-0.39, 0.29) is 24.2 Å². The number of nitrogens with zero attached hydrogens (tertiary/aromatic N) is 4. The van der Waals surface area contributed by atoms with Gasteiger partial charge < -0.3 is 5.11 Å². The van der Waals surface area contributed by atoms with Crippen molar-refractivity contribution >= 4 is 5.97 Å². The number of aromatic nitrogens is 4. The van der Waals surface area contributed by atoms with E-state index in [4.69, 9.17) is 5.11 Å². The van der Waals surface area contributed by atoms with E-state index in [1.165, 1.54) is 16.8 Å². The molecule has 7 heteroatoms. The number of tetrazole rings is 1. The summed E-state index contributed by atoms with van der Waals surface area (Å²) in [5.74, 6) is -0.776. The molecule has 0 radical (unpaired) electrons. The molecule has 1 aromatic heterocycles. The topological polar surface area (TPSA) is 80.9 Å². The molecule has 6 nitrogen and oxygen atoms in total. The molecule has 2 aromatic rings. The van der Waals surface area contributed by atoms with Gasteiger partial charge in [-0.05, 0) is 40.6 Å². The minimum absolute atomic E-state index is 0.0498. The predicted octanol–water partition coefficient (Wildman–Crippen LogP) is 2.15. The molecule has 2 rings (SSSR count). The molecule has 0 fully saturated rings. The fraction of sp³-hybridized carbons (Fsp3) is 0.385. The van der Waals surface area contributed by atoms with Gasteiger partial charge in [-0.25, -0.2) is 9.07 Å². The number of carboxylic acids is 1. The van der Waals surface area contributed by atoms with E-state index < -0.39 is 5.97 Å². The molecule has 1 unspecified atom stereocenters. The second kappa shape index (κ2) is 5.77. The molecular formula is C13H15FN4O2. The van der Waals surface area contributed by atoms with Gasteiger partial charge in [-0.1, -0.05) is 13.8 Å². The Morgan fingerprint density at radius 3 is 2.55 bits per heavy atom. The minimum atomic E-state index is -0.913. The number of rotatable bonds is 5. The number of carboxylic acid groups (broad SMARTS) is 1. The van der Waals surface area contributed by atoms with Gasteiger partial charge in [-0.15, -0.1) is 5.10 Å². The van der Waals surface area contributed by atoms with Crippen LogP contribution in [0.2, 0.25) is 0 Å². The van der Waals surface area contributed by atoms with Crippen molar-refractivity contribution in [2.45, 2.75) is 26.3 Å². The maximum Gasteiger partial charge on any atom is 0.305 e. The molecule has 0 saturated carbocycles. The van der Waals surface area contributed by atoms with E-state index in [0.29, 0.717) is 11.4 Å². The summed E-state index contributed by atoms with van der Waals surface area (Å²) in [6.07, 6.45) is -0.0725. The lowest BCUT2D eigenvalue weighted by molar-refractivity contribution is -0.138. The van der Waals surface area contributed by atoms with E-state index in [0.717, 1.165) is 0 Å². The molecular weight excluding hydrogens is 263 g/mol. The van der Waals surface area contributed by atoms with Gasteiger partial charge >= 0.3 is 5.97 Å². The highest BCUT2D eigenvalue weighted by Crippen LogP contribution is 2.26. The summed E-state index contributed by atoms with van der Waals surface area (Å²) in [7, 11) is 0. The van der Waals surface area contributed by atoms with Gasteiger partial charge in [-0.3, -0.25) is 4.79 Å². The smallest absolute Gasteiger partial charge is 0.305 e. The Labute approximate surface area is 115 Å². The maximum atomic E-state index is 13.0. The number of halogens is 1. The van der Waals surface area contributed by atoms with Crippen LogP contribution < -0.4 is 0 Å². The van der Waals surface area contributed by atoms with Crippen LogP contribution in [0.3, 0.4) is 0 Å². The summed E-state index contributed by atoms with van der Waals surface area (Å²) in [5.41, 5.74) is 0.646. The van der Waals surface area contributed by atoms with Crippen LogP contribution in [0.4, 0.5) is 4.39 Å². The standard InChI is InChI=1S/C13H15FN4O2/c1-8(2)11(7-12(19)20)18-13(15-16-17-18)9-3-5-10(14)6-4-9/h3-6,8,11H,7H2,1-2H3,(H,19,20). The molecule has 1 aromatic carbocycles. The molecule has 20 heavy (non-hydrogen) atoms. The summed E-state index contributed by atoms with van der Waals surface area (Å²) in [6.45, 7) is 3.81. The number of hydrogen-bond donors (Lipinski definition) is 1. The van der Waals surface area contributed by atoms with Crippen molar-refractivity contribution < 1.29 is 14.3 Å². The largest absolute Gasteiger partial charge is 0.481 e. The molecule has 0 bridgehead atoms. The summed E-state index contributed by atoms with van der Waals surface area (Å²) < 4.78 is 14.4. The van der Waals surface area contributed by atoms with E-state index in [1.807, 2.05) is 13.8 Å². The quantitative estimate of drug-likeness (QED) is 0.906.